The van der Waals surface area contributed by atoms with Crippen molar-refractivity contribution in [2.45, 2.75) is 46.0 Å². The Morgan fingerprint density at radius 1 is 1.00 bits per heavy atom. The van der Waals surface area contributed by atoms with Gasteiger partial charge < -0.3 is 15.1 Å². The molecule has 0 unspecified atom stereocenters. The molecular formula is C28H36ClN3O2. The molecule has 0 atom stereocenters. The third-order valence-electron chi connectivity index (χ3n) is 7.15. The number of carbonyl (C=O) groups excluding carboxylic acids is 2. The smallest absolute Gasteiger partial charge is 0.256 e. The lowest BCUT2D eigenvalue weighted by Crippen LogP contribution is -2.37. The van der Waals surface area contributed by atoms with Crippen LogP contribution in [0.1, 0.15) is 55.5 Å². The normalized spacial score (nSPS) is 17.1. The van der Waals surface area contributed by atoms with Crippen LogP contribution in [0.15, 0.2) is 48.5 Å². The van der Waals surface area contributed by atoms with Crippen molar-refractivity contribution in [2.24, 2.45) is 11.3 Å². The summed E-state index contributed by atoms with van der Waals surface area (Å²) in [5.41, 5.74) is 3.02. The van der Waals surface area contributed by atoms with E-state index in [0.717, 1.165) is 64.0 Å². The minimum Gasteiger partial charge on any atom is -0.371 e. The number of hydrogen-bond acceptors (Lipinski definition) is 3. The second kappa shape index (κ2) is 10.8. The monoisotopic (exact) mass is 481 g/mol. The van der Waals surface area contributed by atoms with E-state index in [1.165, 1.54) is 5.56 Å². The van der Waals surface area contributed by atoms with Crippen molar-refractivity contribution < 1.29 is 9.59 Å². The zero-order valence-electron chi connectivity index (χ0n) is 20.4. The molecule has 0 saturated carbocycles. The van der Waals surface area contributed by atoms with E-state index in [0.29, 0.717) is 17.2 Å². The van der Waals surface area contributed by atoms with Crippen LogP contribution in [-0.4, -0.2) is 48.8 Å². The number of hydrogen-bond donors (Lipinski definition) is 1. The largest absolute Gasteiger partial charge is 0.371 e. The van der Waals surface area contributed by atoms with Gasteiger partial charge in [-0.05, 0) is 75.6 Å². The molecule has 2 aromatic rings. The highest BCUT2D eigenvalue weighted by Crippen LogP contribution is 2.32. The maximum absolute atomic E-state index is 13.5. The van der Waals surface area contributed by atoms with E-state index in [9.17, 15) is 9.59 Å². The maximum atomic E-state index is 13.5. The lowest BCUT2D eigenvalue weighted by Gasteiger charge is -2.35. The Bertz CT molecular complexity index is 994. The van der Waals surface area contributed by atoms with Gasteiger partial charge in [0.2, 0.25) is 5.91 Å². The van der Waals surface area contributed by atoms with Gasteiger partial charge in [-0.2, -0.15) is 0 Å². The van der Waals surface area contributed by atoms with Gasteiger partial charge in [0.1, 0.15) is 0 Å². The molecule has 182 valence electrons. The molecule has 2 aliphatic rings. The quantitative estimate of drug-likeness (QED) is 0.525. The predicted molar refractivity (Wildman–Crippen MR) is 140 cm³/mol. The summed E-state index contributed by atoms with van der Waals surface area (Å²) >= 11 is 5.98. The molecule has 1 N–H and O–H groups in total. The van der Waals surface area contributed by atoms with E-state index in [1.807, 2.05) is 36.9 Å². The Morgan fingerprint density at radius 2 is 1.68 bits per heavy atom. The second-order valence-corrected chi connectivity index (χ2v) is 10.6. The van der Waals surface area contributed by atoms with E-state index in [2.05, 4.69) is 40.5 Å². The molecule has 2 aromatic carbocycles. The number of benzene rings is 2. The highest BCUT2D eigenvalue weighted by Gasteiger charge is 2.29. The van der Waals surface area contributed by atoms with Crippen molar-refractivity contribution >= 4 is 34.8 Å². The Labute approximate surface area is 208 Å². The summed E-state index contributed by atoms with van der Waals surface area (Å²) in [6.07, 6.45) is 5.41. The van der Waals surface area contributed by atoms with Gasteiger partial charge in [-0.1, -0.05) is 30.3 Å². The molecule has 2 heterocycles. The van der Waals surface area contributed by atoms with E-state index in [-0.39, 0.29) is 17.7 Å². The molecule has 0 radical (unpaired) electrons. The minimum absolute atomic E-state index is 0.0617. The SMILES string of the molecule is CC(C)(CCl)C(=O)Nc1ccc(N2CCC(Cc3ccccc3)CC2)c(C(=O)N2CCCC2)c1. The standard InChI is InChI=1S/C28H36ClN3O2/c1-28(2,20-29)27(34)30-23-10-11-25(24(19-23)26(33)32-14-6-7-15-32)31-16-12-22(13-17-31)18-21-8-4-3-5-9-21/h3-5,8-11,19,22H,6-7,12-18,20H2,1-2H3,(H,30,34). The number of amides is 2. The molecular weight excluding hydrogens is 446 g/mol. The molecule has 0 bridgehead atoms. The number of piperidine rings is 1. The van der Waals surface area contributed by atoms with Crippen LogP contribution >= 0.6 is 11.6 Å². The predicted octanol–water partition coefficient (Wildman–Crippen LogP) is 5.59. The number of alkyl halides is 1. The molecule has 2 aliphatic heterocycles. The van der Waals surface area contributed by atoms with Gasteiger partial charge in [-0.3, -0.25) is 9.59 Å². The molecule has 2 fully saturated rings. The van der Waals surface area contributed by atoms with Gasteiger partial charge in [0.25, 0.3) is 5.91 Å². The highest BCUT2D eigenvalue weighted by atomic mass is 35.5. The fraction of sp³-hybridized carbons (Fsp3) is 0.500. The molecule has 6 heteroatoms. The van der Waals surface area contributed by atoms with Crippen LogP contribution in [0.25, 0.3) is 0 Å². The Hall–Kier alpha value is -2.53. The van der Waals surface area contributed by atoms with Crippen molar-refractivity contribution in [1.82, 2.24) is 4.90 Å². The Kier molecular flexibility index (Phi) is 7.82. The number of likely N-dealkylation sites (tertiary alicyclic amines) is 1. The second-order valence-electron chi connectivity index (χ2n) is 10.3. The summed E-state index contributed by atoms with van der Waals surface area (Å²) in [4.78, 5) is 30.4. The molecule has 5 nitrogen and oxygen atoms in total. The number of nitrogens with one attached hydrogen (secondary N) is 1. The number of anilines is 2. The first-order valence-corrected chi connectivity index (χ1v) is 13.0. The first kappa shape index (κ1) is 24.6. The van der Waals surface area contributed by atoms with Crippen molar-refractivity contribution in [3.8, 4) is 0 Å². The molecule has 34 heavy (non-hydrogen) atoms. The third-order valence-corrected chi connectivity index (χ3v) is 7.82. The van der Waals surface area contributed by atoms with Crippen molar-refractivity contribution in [1.29, 1.82) is 0 Å². The van der Waals surface area contributed by atoms with Gasteiger partial charge in [0.05, 0.1) is 11.0 Å². The first-order chi connectivity index (χ1) is 16.4. The average molecular weight is 482 g/mol. The van der Waals surface area contributed by atoms with Gasteiger partial charge in [0, 0.05) is 43.4 Å². The number of nitrogens with zero attached hydrogens (tertiary/aromatic N) is 2. The number of halogens is 1. The van der Waals surface area contributed by atoms with Gasteiger partial charge in [-0.25, -0.2) is 0 Å². The highest BCUT2D eigenvalue weighted by molar-refractivity contribution is 6.20. The van der Waals surface area contributed by atoms with Crippen LogP contribution in [0.4, 0.5) is 11.4 Å². The van der Waals surface area contributed by atoms with Crippen molar-refractivity contribution in [3.05, 3.63) is 59.7 Å². The molecule has 2 amide bonds. The lowest BCUT2D eigenvalue weighted by molar-refractivity contribution is -0.122. The van der Waals surface area contributed by atoms with E-state index in [4.69, 9.17) is 11.6 Å². The van der Waals surface area contributed by atoms with Crippen LogP contribution in [0, 0.1) is 11.3 Å². The molecule has 2 saturated heterocycles. The summed E-state index contributed by atoms with van der Waals surface area (Å²) in [6.45, 7) is 7.10. The van der Waals surface area contributed by atoms with E-state index >= 15 is 0 Å². The Balaban J connectivity index is 1.51. The van der Waals surface area contributed by atoms with Crippen molar-refractivity contribution in [3.63, 3.8) is 0 Å². The fourth-order valence-electron chi connectivity index (χ4n) is 4.84. The van der Waals surface area contributed by atoms with Crippen LogP contribution in [-0.2, 0) is 11.2 Å². The average Bonchev–Trinajstić information content (AvgIpc) is 3.40. The van der Waals surface area contributed by atoms with E-state index in [1.54, 1.807) is 0 Å². The Morgan fingerprint density at radius 3 is 2.32 bits per heavy atom. The maximum Gasteiger partial charge on any atom is 0.256 e. The first-order valence-electron chi connectivity index (χ1n) is 12.5. The zero-order valence-corrected chi connectivity index (χ0v) is 21.1. The minimum atomic E-state index is -0.681. The zero-order chi connectivity index (χ0) is 24.1. The van der Waals surface area contributed by atoms with Gasteiger partial charge >= 0.3 is 0 Å². The van der Waals surface area contributed by atoms with Crippen LogP contribution < -0.4 is 10.2 Å². The molecule has 4 rings (SSSR count). The summed E-state index contributed by atoms with van der Waals surface area (Å²) in [7, 11) is 0. The fourth-order valence-corrected chi connectivity index (χ4v) is 4.96. The lowest BCUT2D eigenvalue weighted by atomic mass is 9.89. The van der Waals surface area contributed by atoms with E-state index < -0.39 is 5.41 Å². The van der Waals surface area contributed by atoms with Crippen molar-refractivity contribution in [2.75, 3.05) is 42.3 Å². The number of carbonyl (C=O) groups is 2. The van der Waals surface area contributed by atoms with Gasteiger partial charge in [-0.15, -0.1) is 11.6 Å². The number of rotatable bonds is 7. The van der Waals surface area contributed by atoms with Crippen LogP contribution in [0.2, 0.25) is 0 Å². The van der Waals surface area contributed by atoms with Crippen LogP contribution in [0.3, 0.4) is 0 Å². The van der Waals surface area contributed by atoms with Crippen LogP contribution in [0.5, 0.6) is 0 Å². The molecule has 0 aliphatic carbocycles. The third kappa shape index (κ3) is 5.75. The molecule has 0 aromatic heterocycles. The topological polar surface area (TPSA) is 52.7 Å². The summed E-state index contributed by atoms with van der Waals surface area (Å²) in [5.74, 6) is 0.810. The molecule has 0 spiro atoms. The summed E-state index contributed by atoms with van der Waals surface area (Å²) in [5, 5.41) is 2.97. The summed E-state index contributed by atoms with van der Waals surface area (Å²) in [6, 6.07) is 16.5. The van der Waals surface area contributed by atoms with Gasteiger partial charge in [0.15, 0.2) is 0 Å². The summed E-state index contributed by atoms with van der Waals surface area (Å²) < 4.78 is 0.